The average Bonchev–Trinajstić information content (AvgIpc) is 2.26. The summed E-state index contributed by atoms with van der Waals surface area (Å²) in [7, 11) is 0. The number of hydrogen-bond acceptors (Lipinski definition) is 3. The van der Waals surface area contributed by atoms with E-state index in [1.807, 2.05) is 0 Å². The maximum Gasteiger partial charge on any atom is 0.573 e. The van der Waals surface area contributed by atoms with Crippen LogP contribution in [0.2, 0.25) is 0 Å². The second kappa shape index (κ2) is 5.47. The van der Waals surface area contributed by atoms with E-state index in [9.17, 15) is 31.1 Å². The van der Waals surface area contributed by atoms with Crippen molar-refractivity contribution in [1.82, 2.24) is 5.32 Å². The molecule has 0 bridgehead atoms. The molecule has 112 valence electrons. The topological polar surface area (TPSA) is 64.4 Å². The SMILES string of the molecule is Nc1cc(C(=O)NCC(F)(F)F)ccc1OC(F)(F)F. The molecule has 0 fully saturated rings. The van der Waals surface area contributed by atoms with E-state index in [-0.39, 0.29) is 5.56 Å². The number of alkyl halides is 6. The van der Waals surface area contributed by atoms with Crippen LogP contribution in [0.4, 0.5) is 32.0 Å². The lowest BCUT2D eigenvalue weighted by atomic mass is 10.2. The molecular weight excluding hydrogens is 294 g/mol. The highest BCUT2D eigenvalue weighted by atomic mass is 19.4. The van der Waals surface area contributed by atoms with E-state index in [0.29, 0.717) is 0 Å². The van der Waals surface area contributed by atoms with E-state index in [4.69, 9.17) is 5.73 Å². The van der Waals surface area contributed by atoms with Crippen molar-refractivity contribution in [2.45, 2.75) is 12.5 Å². The van der Waals surface area contributed by atoms with Crippen LogP contribution in [0.25, 0.3) is 0 Å². The van der Waals surface area contributed by atoms with E-state index in [0.717, 1.165) is 18.2 Å². The first-order chi connectivity index (χ1) is 8.98. The van der Waals surface area contributed by atoms with Gasteiger partial charge >= 0.3 is 12.5 Å². The number of ether oxygens (including phenoxy) is 1. The molecule has 3 N–H and O–H groups in total. The molecule has 0 aliphatic rings. The first kappa shape index (κ1) is 15.9. The van der Waals surface area contributed by atoms with Crippen molar-refractivity contribution in [2.75, 3.05) is 12.3 Å². The van der Waals surface area contributed by atoms with Crippen LogP contribution in [0, 0.1) is 0 Å². The predicted molar refractivity (Wildman–Crippen MR) is 55.9 cm³/mol. The van der Waals surface area contributed by atoms with Crippen LogP contribution in [0.1, 0.15) is 10.4 Å². The van der Waals surface area contributed by atoms with Gasteiger partial charge in [0.25, 0.3) is 5.91 Å². The van der Waals surface area contributed by atoms with Crippen LogP contribution in [0.3, 0.4) is 0 Å². The molecule has 1 aromatic rings. The summed E-state index contributed by atoms with van der Waals surface area (Å²) in [5.74, 6) is -1.86. The molecule has 0 radical (unpaired) electrons. The van der Waals surface area contributed by atoms with Gasteiger partial charge in [-0.15, -0.1) is 13.2 Å². The van der Waals surface area contributed by atoms with Crippen molar-refractivity contribution >= 4 is 11.6 Å². The van der Waals surface area contributed by atoms with Gasteiger partial charge in [0.15, 0.2) is 5.75 Å². The average molecular weight is 302 g/mol. The van der Waals surface area contributed by atoms with Crippen molar-refractivity contribution in [3.05, 3.63) is 23.8 Å². The Morgan fingerprint density at radius 3 is 2.25 bits per heavy atom. The first-order valence-corrected chi connectivity index (χ1v) is 4.98. The van der Waals surface area contributed by atoms with Crippen molar-refractivity contribution < 1.29 is 35.9 Å². The molecule has 0 heterocycles. The van der Waals surface area contributed by atoms with Gasteiger partial charge in [0, 0.05) is 5.56 Å². The molecule has 0 aliphatic carbocycles. The lowest BCUT2D eigenvalue weighted by Gasteiger charge is -2.12. The van der Waals surface area contributed by atoms with Crippen LogP contribution in [-0.4, -0.2) is 25.0 Å². The smallest absolute Gasteiger partial charge is 0.404 e. The number of nitrogens with two attached hydrogens (primary N) is 1. The molecule has 0 unspecified atom stereocenters. The number of rotatable bonds is 3. The van der Waals surface area contributed by atoms with Gasteiger partial charge in [0.2, 0.25) is 0 Å². The molecule has 20 heavy (non-hydrogen) atoms. The van der Waals surface area contributed by atoms with Crippen LogP contribution in [-0.2, 0) is 0 Å². The van der Waals surface area contributed by atoms with Gasteiger partial charge in [0.1, 0.15) is 6.54 Å². The van der Waals surface area contributed by atoms with Crippen LogP contribution < -0.4 is 15.8 Å². The molecule has 1 rings (SSSR count). The van der Waals surface area contributed by atoms with E-state index in [1.54, 1.807) is 5.32 Å². The number of carbonyl (C=O) groups is 1. The van der Waals surface area contributed by atoms with Crippen molar-refractivity contribution in [1.29, 1.82) is 0 Å². The minimum absolute atomic E-state index is 0.318. The van der Waals surface area contributed by atoms with Gasteiger partial charge in [0.05, 0.1) is 5.69 Å². The van der Waals surface area contributed by atoms with Crippen molar-refractivity contribution in [2.24, 2.45) is 0 Å². The third-order valence-electron chi connectivity index (χ3n) is 1.95. The maximum atomic E-state index is 12.0. The fraction of sp³-hybridized carbons (Fsp3) is 0.300. The third-order valence-corrected chi connectivity index (χ3v) is 1.95. The van der Waals surface area contributed by atoms with E-state index >= 15 is 0 Å². The lowest BCUT2D eigenvalue weighted by molar-refractivity contribution is -0.274. The fourth-order valence-electron chi connectivity index (χ4n) is 1.19. The van der Waals surface area contributed by atoms with Crippen molar-refractivity contribution in [3.63, 3.8) is 0 Å². The number of hydrogen-bond donors (Lipinski definition) is 2. The van der Waals surface area contributed by atoms with Gasteiger partial charge in [-0.25, -0.2) is 0 Å². The fourth-order valence-corrected chi connectivity index (χ4v) is 1.19. The zero-order valence-corrected chi connectivity index (χ0v) is 9.60. The van der Waals surface area contributed by atoms with Crippen LogP contribution in [0.5, 0.6) is 5.75 Å². The molecule has 0 aromatic heterocycles. The summed E-state index contributed by atoms with van der Waals surface area (Å²) >= 11 is 0. The summed E-state index contributed by atoms with van der Waals surface area (Å²) in [5.41, 5.74) is 4.38. The second-order valence-corrected chi connectivity index (χ2v) is 3.60. The van der Waals surface area contributed by atoms with E-state index < -0.39 is 36.4 Å². The van der Waals surface area contributed by atoms with Gasteiger partial charge in [-0.05, 0) is 18.2 Å². The Morgan fingerprint density at radius 2 is 1.80 bits per heavy atom. The zero-order valence-electron chi connectivity index (χ0n) is 9.60. The molecule has 1 aromatic carbocycles. The molecule has 1 amide bonds. The quantitative estimate of drug-likeness (QED) is 0.666. The standard InChI is InChI=1S/C10H8F6N2O2/c11-9(12,13)4-18-8(19)5-1-2-7(6(17)3-5)20-10(14,15)16/h1-3H,4,17H2,(H,18,19). The zero-order chi connectivity index (χ0) is 15.6. The monoisotopic (exact) mass is 302 g/mol. The molecule has 0 aliphatic heterocycles. The van der Waals surface area contributed by atoms with Crippen LogP contribution in [0.15, 0.2) is 18.2 Å². The molecule has 10 heteroatoms. The van der Waals surface area contributed by atoms with Gasteiger partial charge in [-0.1, -0.05) is 0 Å². The number of nitrogen functional groups attached to an aromatic ring is 1. The Balaban J connectivity index is 2.79. The van der Waals surface area contributed by atoms with Gasteiger partial charge in [-0.2, -0.15) is 13.2 Å². The predicted octanol–water partition coefficient (Wildman–Crippen LogP) is 2.46. The highest BCUT2D eigenvalue weighted by Crippen LogP contribution is 2.28. The Kier molecular flexibility index (Phi) is 4.36. The van der Waals surface area contributed by atoms with Crippen LogP contribution >= 0.6 is 0 Å². The summed E-state index contributed by atoms with van der Waals surface area (Å²) in [6.07, 6.45) is -9.56. The normalized spacial score (nSPS) is 12.1. The second-order valence-electron chi connectivity index (χ2n) is 3.60. The minimum Gasteiger partial charge on any atom is -0.404 e. The molecular formula is C10H8F6N2O2. The number of benzene rings is 1. The number of anilines is 1. The Labute approximate surface area is 108 Å². The lowest BCUT2D eigenvalue weighted by Crippen LogP contribution is -2.33. The van der Waals surface area contributed by atoms with Gasteiger partial charge < -0.3 is 15.8 Å². The number of nitrogens with one attached hydrogen (secondary N) is 1. The summed E-state index contributed by atoms with van der Waals surface area (Å²) in [4.78, 5) is 11.3. The van der Waals surface area contributed by atoms with Crippen molar-refractivity contribution in [3.8, 4) is 5.75 Å². The summed E-state index contributed by atoms with van der Waals surface area (Å²) < 4.78 is 75.0. The largest absolute Gasteiger partial charge is 0.573 e. The molecule has 0 atom stereocenters. The van der Waals surface area contributed by atoms with Gasteiger partial charge in [-0.3, -0.25) is 4.79 Å². The Bertz CT molecular complexity index is 498. The molecule has 4 nitrogen and oxygen atoms in total. The number of halogens is 6. The summed E-state index contributed by atoms with van der Waals surface area (Å²) in [6, 6.07) is 2.39. The molecule has 0 saturated carbocycles. The van der Waals surface area contributed by atoms with E-state index in [2.05, 4.69) is 4.74 Å². The summed E-state index contributed by atoms with van der Waals surface area (Å²) in [5, 5.41) is 1.55. The Hall–Kier alpha value is -2.13. The minimum atomic E-state index is -4.96. The van der Waals surface area contributed by atoms with E-state index in [1.165, 1.54) is 0 Å². The highest BCUT2D eigenvalue weighted by molar-refractivity contribution is 5.95. The summed E-state index contributed by atoms with van der Waals surface area (Å²) in [6.45, 7) is -1.56. The Morgan fingerprint density at radius 1 is 1.20 bits per heavy atom. The first-order valence-electron chi connectivity index (χ1n) is 4.98. The molecule has 0 spiro atoms. The maximum absolute atomic E-state index is 12.0. The number of carbonyl (C=O) groups excluding carboxylic acids is 1. The third kappa shape index (κ3) is 5.24. The molecule has 0 saturated heterocycles. The highest BCUT2D eigenvalue weighted by Gasteiger charge is 2.32. The number of amides is 1.